The standard InChI is InChI=1S/C21H18ClN5O2S.2C18H22BrClN4O4.C14H14BrClN4O.C11H8BrClO2/c22-12-5-11-6-18(19-17-9-23-3-4-27(17)26-25-19)29-20(11)15(7-12)14-1-2-24-16-8-13(10-28)30-21(14)16;2*1-18(2,3)28-17(26)21-4-5-24-13(9-25)15(22-23-24)14-7-10-6-11(20)8-12(19)16(10)27-14;1-19-2-3-20-11(7-19)13(17-18-20)12-5-8-4-9(16)6-10(15)14(8)21-12;12-10-6-8(13)4-7-5-9(2-1-3-14)15-11(7)10/h1-2,5,7-8,18,23,28H,3-4,6,9-10H2;2*6,8,14,25H,4-5,7,9H2,1-3H3,(H,21,26);4,6,12H,2-3,5,7H2,1H3;4,6,9,14H,3,5H2. The quantitative estimate of drug-likeness (QED) is 0.0497. The number of benzene rings is 5. The van der Waals surface area contributed by atoms with Gasteiger partial charge in [0.1, 0.15) is 93.7 Å². The number of thiophene rings is 1. The highest BCUT2D eigenvalue weighted by molar-refractivity contribution is 9.11. The number of nitrogens with zero attached hydrogens (tertiary/aromatic N) is 14. The summed E-state index contributed by atoms with van der Waals surface area (Å²) in [6, 6.07) is 22.6. The van der Waals surface area contributed by atoms with Crippen LogP contribution in [0, 0.1) is 11.8 Å². The number of halogens is 9. The first-order valence-electron chi connectivity index (χ1n) is 38.8. The predicted molar refractivity (Wildman–Crippen MR) is 472 cm³/mol. The molecule has 0 saturated heterocycles. The summed E-state index contributed by atoms with van der Waals surface area (Å²) in [5.41, 5.74) is 13.2. The number of carbonyl (C=O) groups is 2. The highest BCUT2D eigenvalue weighted by Gasteiger charge is 2.38. The molecule has 40 heteroatoms. The minimum atomic E-state index is -0.563. The van der Waals surface area contributed by atoms with Gasteiger partial charge >= 0.3 is 12.2 Å². The van der Waals surface area contributed by atoms with Gasteiger partial charge < -0.3 is 69.5 Å². The molecular weight excluding hydrogens is 1960 g/mol. The molecule has 5 aromatic carbocycles. The average Bonchev–Trinajstić information content (AvgIpc) is 1.61. The molecule has 0 aliphatic carbocycles. The first kappa shape index (κ1) is 90.3. The Labute approximate surface area is 764 Å². The van der Waals surface area contributed by atoms with Crippen molar-refractivity contribution in [3.8, 4) is 51.7 Å². The molecule has 5 atom stereocenters. The number of carbonyl (C=O) groups excluding carboxylic acids is 2. The number of pyridine rings is 1. The summed E-state index contributed by atoms with van der Waals surface area (Å²) in [5.74, 6) is 9.38. The van der Waals surface area contributed by atoms with Gasteiger partial charge in [0.2, 0.25) is 0 Å². The maximum absolute atomic E-state index is 11.7. The fraction of sp³-hybridized carbons (Fsp3) is 0.402. The van der Waals surface area contributed by atoms with Gasteiger partial charge in [0.05, 0.1) is 96.9 Å². The first-order valence-corrected chi connectivity index (χ1v) is 44.7. The number of rotatable bonds is 14. The van der Waals surface area contributed by atoms with E-state index in [1.165, 1.54) is 0 Å². The number of hydrogen-bond donors (Lipinski definition) is 7. The van der Waals surface area contributed by atoms with E-state index in [0.29, 0.717) is 81.6 Å². The van der Waals surface area contributed by atoms with Gasteiger partial charge in [-0.15, -0.1) is 31.7 Å². The Kier molecular flexibility index (Phi) is 29.0. The molecule has 13 heterocycles. The predicted octanol–water partition coefficient (Wildman–Crippen LogP) is 15.5. The van der Waals surface area contributed by atoms with Crippen LogP contribution in [-0.2, 0) is 101 Å². The lowest BCUT2D eigenvalue weighted by molar-refractivity contribution is 0.0513. The van der Waals surface area contributed by atoms with Crippen LogP contribution in [0.5, 0.6) is 28.7 Å². The number of ether oxygens (including phenoxy) is 7. The molecule has 5 unspecified atom stereocenters. The molecule has 0 spiro atoms. The van der Waals surface area contributed by atoms with E-state index in [0.717, 1.165) is 174 Å². The van der Waals surface area contributed by atoms with Gasteiger partial charge in [-0.3, -0.25) is 9.88 Å². The number of aromatic nitrogens is 13. The molecule has 6 aromatic heterocycles. The van der Waals surface area contributed by atoms with Gasteiger partial charge in [0.15, 0.2) is 6.10 Å². The Balaban J connectivity index is 0.000000127. The molecule has 7 aliphatic heterocycles. The molecule has 7 N–H and O–H groups in total. The largest absolute Gasteiger partial charge is 0.483 e. The topological polar surface area (TPSA) is 355 Å². The summed E-state index contributed by atoms with van der Waals surface area (Å²) in [6.07, 6.45) is 2.96. The molecular formula is C82H84Br4Cl5N17O13S. The number of alkyl carbamates (subject to hydrolysis) is 2. The number of likely N-dealkylation sites (N-methyl/N-ethyl adjacent to an activating group) is 1. The second-order valence-electron chi connectivity index (χ2n) is 31.1. The summed E-state index contributed by atoms with van der Waals surface area (Å²) in [5, 5.41) is 83.8. The van der Waals surface area contributed by atoms with Crippen molar-refractivity contribution in [2.45, 2.75) is 174 Å². The summed E-state index contributed by atoms with van der Waals surface area (Å²) >= 11 is 46.1. The van der Waals surface area contributed by atoms with E-state index in [1.807, 2.05) is 64.0 Å². The van der Waals surface area contributed by atoms with Crippen molar-refractivity contribution >= 4 is 155 Å². The molecule has 11 aromatic rings. The second kappa shape index (κ2) is 39.3. The number of fused-ring (bicyclic) bond motifs is 8. The van der Waals surface area contributed by atoms with E-state index in [9.17, 15) is 24.9 Å². The first-order chi connectivity index (χ1) is 58.4. The molecule has 7 aliphatic rings. The summed E-state index contributed by atoms with van der Waals surface area (Å²) in [6.45, 7) is 16.6. The van der Waals surface area contributed by atoms with E-state index in [-0.39, 0.29) is 70.0 Å². The van der Waals surface area contributed by atoms with Gasteiger partial charge in [-0.1, -0.05) is 90.7 Å². The number of amides is 2. The van der Waals surface area contributed by atoms with Crippen molar-refractivity contribution in [2.75, 3.05) is 39.8 Å². The minimum absolute atomic E-state index is 0.000828. The molecule has 0 radical (unpaired) electrons. The molecule has 18 rings (SSSR count). The van der Waals surface area contributed by atoms with Crippen LogP contribution >= 0.6 is 133 Å². The molecule has 0 bridgehead atoms. The monoisotopic (exact) mass is 2040 g/mol. The van der Waals surface area contributed by atoms with Crippen LogP contribution in [0.3, 0.4) is 0 Å². The third kappa shape index (κ3) is 21.4. The summed E-state index contributed by atoms with van der Waals surface area (Å²) in [7, 11) is 2.11. The lowest BCUT2D eigenvalue weighted by Crippen LogP contribution is -2.34. The number of hydrogen-bond acceptors (Lipinski definition) is 25. The molecule has 0 saturated carbocycles. The van der Waals surface area contributed by atoms with Gasteiger partial charge in [0.25, 0.3) is 0 Å². The van der Waals surface area contributed by atoms with Crippen molar-refractivity contribution in [2.24, 2.45) is 0 Å². The van der Waals surface area contributed by atoms with Gasteiger partial charge in [0, 0.05) is 147 Å². The Hall–Kier alpha value is -8.00. The van der Waals surface area contributed by atoms with Crippen LogP contribution in [0.2, 0.25) is 25.1 Å². The smallest absolute Gasteiger partial charge is 0.407 e. The van der Waals surface area contributed by atoms with Gasteiger partial charge in [-0.05, 0) is 185 Å². The van der Waals surface area contributed by atoms with E-state index >= 15 is 0 Å². The Morgan fingerprint density at radius 3 is 1.45 bits per heavy atom. The lowest BCUT2D eigenvalue weighted by Gasteiger charge is -2.24. The average molecular weight is 2040 g/mol. The van der Waals surface area contributed by atoms with Crippen molar-refractivity contribution in [3.05, 3.63) is 200 Å². The van der Waals surface area contributed by atoms with E-state index in [4.69, 9.17) is 96.3 Å². The maximum atomic E-state index is 11.7. The zero-order valence-electron chi connectivity index (χ0n) is 66.9. The minimum Gasteiger partial charge on any atom is -0.483 e. The molecule has 122 heavy (non-hydrogen) atoms. The fourth-order valence-corrected chi connectivity index (χ4v) is 19.8. The summed E-state index contributed by atoms with van der Waals surface area (Å²) < 4.78 is 52.0. The maximum Gasteiger partial charge on any atom is 0.407 e. The zero-order valence-corrected chi connectivity index (χ0v) is 77.8. The number of aliphatic hydroxyl groups excluding tert-OH is 4. The molecule has 644 valence electrons. The third-order valence-electron chi connectivity index (χ3n) is 19.9. The lowest BCUT2D eigenvalue weighted by atomic mass is 10.00. The van der Waals surface area contributed by atoms with Gasteiger partial charge in [-0.2, -0.15) is 0 Å². The number of nitrogens with one attached hydrogen (secondary N) is 3. The molecule has 2 amide bonds. The molecule has 30 nitrogen and oxygen atoms in total. The van der Waals surface area contributed by atoms with E-state index in [2.05, 4.69) is 150 Å². The van der Waals surface area contributed by atoms with E-state index in [1.54, 1.807) is 86.6 Å². The van der Waals surface area contributed by atoms with Crippen LogP contribution in [-0.4, -0.2) is 160 Å². The highest BCUT2D eigenvalue weighted by atomic mass is 79.9. The van der Waals surface area contributed by atoms with Crippen LogP contribution in [0.25, 0.3) is 21.3 Å². The van der Waals surface area contributed by atoms with Crippen molar-refractivity contribution in [3.63, 3.8) is 0 Å². The fourth-order valence-electron chi connectivity index (χ4n) is 14.7. The molecule has 0 fully saturated rings. The van der Waals surface area contributed by atoms with Crippen LogP contribution in [0.4, 0.5) is 9.59 Å². The third-order valence-corrected chi connectivity index (χ3v) is 24.5. The Morgan fingerprint density at radius 2 is 0.975 bits per heavy atom. The van der Waals surface area contributed by atoms with Crippen molar-refractivity contribution in [1.29, 1.82) is 0 Å². The van der Waals surface area contributed by atoms with Gasteiger partial charge in [-0.25, -0.2) is 28.3 Å². The van der Waals surface area contributed by atoms with Crippen LogP contribution in [0.1, 0.15) is 144 Å². The van der Waals surface area contributed by atoms with Crippen molar-refractivity contribution in [1.82, 2.24) is 85.8 Å². The SMILES string of the molecule is CC(C)(C)OC(=O)NCCn1nnc(C2Cc3cc(Cl)cc(Br)c3O2)c1CO.CC(C)(C)OC(=O)NCCn1nnc(C2Cc3cc(Cl)cc(Br)c3O2)c1CO.CN1CCn2nnc(C3Cc4cc(Cl)cc(Br)c4O3)c2C1.OCC#CC1Cc2cc(Cl)cc(Br)c2O1.OCc1cc2nccc(-c3cc(Cl)cc4c3OC(c3nnn5c3CNCC5)C4)c2s1. The normalized spacial score (nSPS) is 17.4. The Bertz CT molecular complexity index is 5650. The van der Waals surface area contributed by atoms with Crippen molar-refractivity contribution < 1.29 is 63.2 Å². The second-order valence-corrected chi connectivity index (χ2v) is 37.8. The zero-order chi connectivity index (χ0) is 86.6. The van der Waals surface area contributed by atoms with E-state index < -0.39 is 23.4 Å². The van der Waals surface area contributed by atoms with Crippen LogP contribution < -0.4 is 39.6 Å². The number of aliphatic hydroxyl groups is 4. The highest BCUT2D eigenvalue weighted by Crippen LogP contribution is 2.50. The van der Waals surface area contributed by atoms with Crippen LogP contribution in [0.15, 0.2) is 96.9 Å². The Morgan fingerprint density at radius 1 is 0.541 bits per heavy atom. The summed E-state index contributed by atoms with van der Waals surface area (Å²) in [4.78, 5) is 31.1.